The number of benzene rings is 2. The molecule has 1 saturated heterocycles. The van der Waals surface area contributed by atoms with Crippen molar-refractivity contribution in [2.75, 3.05) is 26.7 Å². The average molecular weight is 424 g/mol. The molecule has 1 amide bonds. The number of rotatable bonds is 7. The Morgan fingerprint density at radius 1 is 1.27 bits per heavy atom. The highest BCUT2D eigenvalue weighted by atomic mass is 32.2. The molecule has 1 atom stereocenters. The summed E-state index contributed by atoms with van der Waals surface area (Å²) in [5.74, 6) is 0.717. The molecule has 0 radical (unpaired) electrons. The monoisotopic (exact) mass is 423 g/mol. The molecule has 4 rings (SSSR count). The molecule has 0 saturated carbocycles. The Labute approximate surface area is 182 Å². The fraction of sp³-hybridized carbons (Fsp3) is 0.375. The summed E-state index contributed by atoms with van der Waals surface area (Å²) in [6, 6.07) is 14.7. The largest absolute Gasteiger partial charge is 0.497 e. The van der Waals surface area contributed by atoms with Crippen LogP contribution in [0.4, 0.5) is 0 Å². The molecule has 1 aliphatic heterocycles. The van der Waals surface area contributed by atoms with Crippen LogP contribution in [0.15, 0.2) is 52.3 Å². The summed E-state index contributed by atoms with van der Waals surface area (Å²) in [6.45, 7) is 7.09. The van der Waals surface area contributed by atoms with Crippen molar-refractivity contribution in [3.05, 3.63) is 53.7 Å². The fourth-order valence-electron chi connectivity index (χ4n) is 4.11. The molecule has 2 N–H and O–H groups in total. The van der Waals surface area contributed by atoms with E-state index in [2.05, 4.69) is 53.3 Å². The van der Waals surface area contributed by atoms with Gasteiger partial charge in [0.05, 0.1) is 17.5 Å². The molecule has 1 fully saturated rings. The summed E-state index contributed by atoms with van der Waals surface area (Å²) in [6.07, 6.45) is 2.35. The van der Waals surface area contributed by atoms with Crippen molar-refractivity contribution in [1.82, 2.24) is 15.2 Å². The molecule has 6 heteroatoms. The van der Waals surface area contributed by atoms with Crippen LogP contribution in [0, 0.1) is 6.92 Å². The highest BCUT2D eigenvalue weighted by Crippen LogP contribution is 2.38. The lowest BCUT2D eigenvalue weighted by molar-refractivity contribution is 0.0934. The van der Waals surface area contributed by atoms with Crippen molar-refractivity contribution in [2.24, 2.45) is 0 Å². The molecular weight excluding hydrogens is 394 g/mol. The molecular formula is C24H29N3O2S. The van der Waals surface area contributed by atoms with Gasteiger partial charge in [0, 0.05) is 28.9 Å². The summed E-state index contributed by atoms with van der Waals surface area (Å²) in [5, 5.41) is 4.20. The number of methoxy groups -OCH3 is 1. The summed E-state index contributed by atoms with van der Waals surface area (Å²) in [7, 11) is 1.65. The van der Waals surface area contributed by atoms with Gasteiger partial charge in [0.2, 0.25) is 0 Å². The van der Waals surface area contributed by atoms with Crippen LogP contribution >= 0.6 is 11.8 Å². The normalized spacial score (nSPS) is 16.8. The first-order valence-electron chi connectivity index (χ1n) is 10.6. The van der Waals surface area contributed by atoms with Gasteiger partial charge in [0.1, 0.15) is 11.4 Å². The van der Waals surface area contributed by atoms with Gasteiger partial charge in [-0.1, -0.05) is 36.4 Å². The van der Waals surface area contributed by atoms with Crippen LogP contribution in [-0.4, -0.2) is 48.6 Å². The SMILES string of the molecule is CCN1CCCC1CNC(=O)c1[nH]c2cc(OC)ccc2c1Sc1ccc(C)cc1. The van der Waals surface area contributed by atoms with Gasteiger partial charge >= 0.3 is 0 Å². The van der Waals surface area contributed by atoms with Crippen LogP contribution in [0.5, 0.6) is 5.75 Å². The minimum absolute atomic E-state index is 0.0530. The zero-order valence-corrected chi connectivity index (χ0v) is 18.6. The third-order valence-corrected chi connectivity index (χ3v) is 6.97. The van der Waals surface area contributed by atoms with Crippen molar-refractivity contribution in [3.8, 4) is 5.75 Å². The lowest BCUT2D eigenvalue weighted by Crippen LogP contribution is -2.40. The number of likely N-dealkylation sites (N-methyl/N-ethyl adjacent to an activating group) is 1. The van der Waals surface area contributed by atoms with Crippen molar-refractivity contribution in [2.45, 2.75) is 42.5 Å². The van der Waals surface area contributed by atoms with Crippen LogP contribution in [0.2, 0.25) is 0 Å². The van der Waals surface area contributed by atoms with Crippen LogP contribution in [0.25, 0.3) is 10.9 Å². The van der Waals surface area contributed by atoms with Gasteiger partial charge < -0.3 is 15.0 Å². The number of nitrogens with one attached hydrogen (secondary N) is 2. The number of H-pyrrole nitrogens is 1. The number of aryl methyl sites for hydroxylation is 1. The minimum Gasteiger partial charge on any atom is -0.497 e. The van der Waals surface area contributed by atoms with Crippen LogP contribution in [0.3, 0.4) is 0 Å². The predicted molar refractivity (Wildman–Crippen MR) is 123 cm³/mol. The van der Waals surface area contributed by atoms with Crippen LogP contribution in [0.1, 0.15) is 35.8 Å². The van der Waals surface area contributed by atoms with Crippen molar-refractivity contribution >= 4 is 28.6 Å². The third-order valence-electron chi connectivity index (χ3n) is 5.83. The molecule has 2 heterocycles. The molecule has 158 valence electrons. The van der Waals surface area contributed by atoms with Gasteiger partial charge in [-0.15, -0.1) is 0 Å². The fourth-order valence-corrected chi connectivity index (χ4v) is 5.15. The van der Waals surface area contributed by atoms with Gasteiger partial charge in [-0.05, 0) is 57.1 Å². The Morgan fingerprint density at radius 2 is 2.07 bits per heavy atom. The second-order valence-corrected chi connectivity index (χ2v) is 8.87. The molecule has 3 aromatic rings. The molecule has 0 spiro atoms. The van der Waals surface area contributed by atoms with E-state index < -0.39 is 0 Å². The van der Waals surface area contributed by atoms with E-state index in [0.717, 1.165) is 46.0 Å². The molecule has 0 aliphatic carbocycles. The average Bonchev–Trinajstić information content (AvgIpc) is 3.37. The lowest BCUT2D eigenvalue weighted by Gasteiger charge is -2.22. The number of hydrogen-bond acceptors (Lipinski definition) is 4. The second-order valence-electron chi connectivity index (χ2n) is 7.79. The number of fused-ring (bicyclic) bond motifs is 1. The van der Waals surface area contributed by atoms with Gasteiger partial charge in [-0.25, -0.2) is 0 Å². The first kappa shape index (κ1) is 20.8. The van der Waals surface area contributed by atoms with Crippen molar-refractivity contribution in [1.29, 1.82) is 0 Å². The number of amides is 1. The number of nitrogens with zero attached hydrogens (tertiary/aromatic N) is 1. The summed E-state index contributed by atoms with van der Waals surface area (Å²) in [4.78, 5) is 21.0. The second kappa shape index (κ2) is 9.14. The Balaban J connectivity index is 1.63. The molecule has 2 aromatic carbocycles. The molecule has 5 nitrogen and oxygen atoms in total. The summed E-state index contributed by atoms with van der Waals surface area (Å²) in [5.41, 5.74) is 2.74. The number of carbonyl (C=O) groups excluding carboxylic acids is 1. The number of likely N-dealkylation sites (tertiary alicyclic amines) is 1. The maximum absolute atomic E-state index is 13.2. The van der Waals surface area contributed by atoms with Gasteiger partial charge in [0.25, 0.3) is 5.91 Å². The van der Waals surface area contributed by atoms with E-state index in [-0.39, 0.29) is 5.91 Å². The van der Waals surface area contributed by atoms with E-state index in [4.69, 9.17) is 4.74 Å². The maximum Gasteiger partial charge on any atom is 0.268 e. The van der Waals surface area contributed by atoms with E-state index in [9.17, 15) is 4.79 Å². The maximum atomic E-state index is 13.2. The van der Waals surface area contributed by atoms with Gasteiger partial charge in [-0.2, -0.15) is 0 Å². The first-order valence-corrected chi connectivity index (χ1v) is 11.4. The molecule has 30 heavy (non-hydrogen) atoms. The van der Waals surface area contributed by atoms with Crippen molar-refractivity contribution < 1.29 is 9.53 Å². The van der Waals surface area contributed by atoms with Gasteiger partial charge in [-0.3, -0.25) is 9.69 Å². The quantitative estimate of drug-likeness (QED) is 0.570. The Bertz CT molecular complexity index is 1030. The number of aromatic nitrogens is 1. The highest BCUT2D eigenvalue weighted by Gasteiger charge is 2.25. The summed E-state index contributed by atoms with van der Waals surface area (Å²) < 4.78 is 5.37. The number of ether oxygens (including phenoxy) is 1. The molecule has 1 unspecified atom stereocenters. The smallest absolute Gasteiger partial charge is 0.268 e. The number of hydrogen-bond donors (Lipinski definition) is 2. The van der Waals surface area contributed by atoms with Crippen LogP contribution in [-0.2, 0) is 0 Å². The lowest BCUT2D eigenvalue weighted by atomic mass is 10.2. The summed E-state index contributed by atoms with van der Waals surface area (Å²) >= 11 is 1.62. The number of carbonyl (C=O) groups is 1. The van der Waals surface area contributed by atoms with E-state index in [0.29, 0.717) is 18.3 Å². The van der Waals surface area contributed by atoms with E-state index >= 15 is 0 Å². The Kier molecular flexibility index (Phi) is 6.35. The van der Waals surface area contributed by atoms with Crippen molar-refractivity contribution in [3.63, 3.8) is 0 Å². The Morgan fingerprint density at radius 3 is 2.80 bits per heavy atom. The van der Waals surface area contributed by atoms with E-state index in [1.165, 1.54) is 12.0 Å². The minimum atomic E-state index is -0.0530. The first-order chi connectivity index (χ1) is 14.6. The van der Waals surface area contributed by atoms with Crippen LogP contribution < -0.4 is 10.1 Å². The highest BCUT2D eigenvalue weighted by molar-refractivity contribution is 7.99. The molecule has 1 aromatic heterocycles. The van der Waals surface area contributed by atoms with E-state index in [1.54, 1.807) is 18.9 Å². The zero-order chi connectivity index (χ0) is 21.1. The zero-order valence-electron chi connectivity index (χ0n) is 17.8. The van der Waals surface area contributed by atoms with Gasteiger partial charge in [0.15, 0.2) is 0 Å². The Hall–Kier alpha value is -2.44. The third kappa shape index (κ3) is 4.35. The predicted octanol–water partition coefficient (Wildman–Crippen LogP) is 4.85. The molecule has 0 bridgehead atoms. The molecule has 1 aliphatic rings. The number of aromatic amines is 1. The topological polar surface area (TPSA) is 57.4 Å². The van der Waals surface area contributed by atoms with E-state index in [1.807, 2.05) is 18.2 Å². The standard InChI is InChI=1S/C24H29N3O2S/c1-4-27-13-5-6-17(27)15-25-24(28)22-23(30-19-10-7-16(2)8-11-19)20-12-9-18(29-3)14-21(20)26-22/h7-12,14,17,26H,4-6,13,15H2,1-3H3,(H,25,28).